The molecule has 21 heavy (non-hydrogen) atoms. The highest BCUT2D eigenvalue weighted by Gasteiger charge is 2.46. The molecule has 0 unspecified atom stereocenters. The lowest BCUT2D eigenvalue weighted by atomic mass is 10.2. The number of ether oxygens (including phenoxy) is 2. The fourth-order valence-corrected chi connectivity index (χ4v) is 2.67. The van der Waals surface area contributed by atoms with Gasteiger partial charge in [0, 0.05) is 13.8 Å². The molecule has 0 spiro atoms. The van der Waals surface area contributed by atoms with Gasteiger partial charge in [-0.3, -0.25) is 0 Å². The number of hydrogen-bond donors (Lipinski definition) is 0. The van der Waals surface area contributed by atoms with Crippen molar-refractivity contribution in [2.45, 2.75) is 37.6 Å². The topological polar surface area (TPSA) is 96.0 Å². The van der Waals surface area contributed by atoms with Crippen LogP contribution < -0.4 is 0 Å². The van der Waals surface area contributed by atoms with Gasteiger partial charge in [0.2, 0.25) is 0 Å². The second-order valence-electron chi connectivity index (χ2n) is 4.99. The van der Waals surface area contributed by atoms with Gasteiger partial charge in [0.15, 0.2) is 0 Å². The average molecular weight is 314 g/mol. The van der Waals surface area contributed by atoms with Gasteiger partial charge in [-0.25, -0.2) is 13.8 Å². The number of rotatable bonds is 3. The Morgan fingerprint density at radius 3 is 2.00 bits per heavy atom. The Kier molecular flexibility index (Phi) is 3.77. The molecule has 1 heterocycles. The lowest BCUT2D eigenvalue weighted by Gasteiger charge is -2.32. The zero-order valence-electron chi connectivity index (χ0n) is 11.7. The first-order chi connectivity index (χ1) is 9.61. The monoisotopic (exact) mass is 314 g/mol. The number of carbonyl (C=O) groups excluding carboxylic acids is 2. The first kappa shape index (κ1) is 15.5. The number of aryl methyl sites for hydroxylation is 1. The summed E-state index contributed by atoms with van der Waals surface area (Å²) in [4.78, 5) is 23.2. The minimum Gasteiger partial charge on any atom is -0.421 e. The fourth-order valence-electron chi connectivity index (χ4n) is 1.67. The smallest absolute Gasteiger partial charge is 0.351 e. The van der Waals surface area contributed by atoms with Crippen LogP contribution in [0.15, 0.2) is 29.2 Å². The van der Waals surface area contributed by atoms with Gasteiger partial charge in [-0.2, -0.15) is 8.42 Å². The van der Waals surface area contributed by atoms with Crippen LogP contribution in [0.3, 0.4) is 0 Å². The number of hydrogen-bond acceptors (Lipinski definition) is 7. The summed E-state index contributed by atoms with van der Waals surface area (Å²) in [6, 6.07) is 5.76. The van der Waals surface area contributed by atoms with E-state index in [4.69, 9.17) is 9.47 Å². The lowest BCUT2D eigenvalue weighted by molar-refractivity contribution is -0.243. The lowest BCUT2D eigenvalue weighted by Crippen LogP contribution is -2.51. The molecule has 1 aliphatic heterocycles. The van der Waals surface area contributed by atoms with Crippen LogP contribution in [-0.2, 0) is 33.4 Å². The van der Waals surface area contributed by atoms with E-state index in [2.05, 4.69) is 4.18 Å². The van der Waals surface area contributed by atoms with E-state index >= 15 is 0 Å². The summed E-state index contributed by atoms with van der Waals surface area (Å²) in [5.41, 5.74) is 0.854. The molecule has 0 N–H and O–H groups in total. The highest BCUT2D eigenvalue weighted by molar-refractivity contribution is 7.86. The molecule has 0 radical (unpaired) electrons. The second kappa shape index (κ2) is 5.12. The van der Waals surface area contributed by atoms with Crippen LogP contribution in [0.4, 0.5) is 0 Å². The molecule has 0 bridgehead atoms. The van der Waals surface area contributed by atoms with Crippen molar-refractivity contribution < 1.29 is 31.7 Å². The van der Waals surface area contributed by atoms with Gasteiger partial charge in [-0.15, -0.1) is 0 Å². The maximum absolute atomic E-state index is 12.0. The van der Waals surface area contributed by atoms with Crippen LogP contribution in [0.5, 0.6) is 0 Å². The fraction of sp³-hybridized carbons (Fsp3) is 0.385. The highest BCUT2D eigenvalue weighted by atomic mass is 32.2. The zero-order valence-corrected chi connectivity index (χ0v) is 12.5. The van der Waals surface area contributed by atoms with Crippen molar-refractivity contribution in [2.75, 3.05) is 0 Å². The van der Waals surface area contributed by atoms with Gasteiger partial charge in [0.1, 0.15) is 0 Å². The molecule has 0 atom stereocenters. The van der Waals surface area contributed by atoms with Gasteiger partial charge < -0.3 is 9.47 Å². The molecule has 1 fully saturated rings. The number of carbonyl (C=O) groups is 2. The maximum atomic E-state index is 12.0. The van der Waals surface area contributed by atoms with Crippen molar-refractivity contribution in [3.63, 3.8) is 0 Å². The molecule has 0 aromatic heterocycles. The molecular weight excluding hydrogens is 300 g/mol. The number of cyclic esters (lactones) is 2. The minimum atomic E-state index is -4.28. The Balaban J connectivity index is 2.23. The molecule has 114 valence electrons. The molecule has 1 saturated heterocycles. The Bertz CT molecular complexity index is 653. The van der Waals surface area contributed by atoms with E-state index in [1.165, 1.54) is 26.0 Å². The summed E-state index contributed by atoms with van der Waals surface area (Å²) in [5, 5.41) is 0. The summed E-state index contributed by atoms with van der Waals surface area (Å²) >= 11 is 0. The van der Waals surface area contributed by atoms with E-state index in [1.54, 1.807) is 19.1 Å². The van der Waals surface area contributed by atoms with E-state index in [-0.39, 0.29) is 4.90 Å². The Hall–Kier alpha value is -1.93. The largest absolute Gasteiger partial charge is 0.421 e. The van der Waals surface area contributed by atoms with E-state index in [0.29, 0.717) is 0 Å². The first-order valence-electron chi connectivity index (χ1n) is 6.06. The second-order valence-corrected chi connectivity index (χ2v) is 6.56. The van der Waals surface area contributed by atoms with Crippen LogP contribution in [0, 0.1) is 6.92 Å². The molecule has 2 rings (SSSR count). The normalized spacial score (nSPS) is 19.0. The summed E-state index contributed by atoms with van der Waals surface area (Å²) in [5.74, 6) is -3.65. The summed E-state index contributed by atoms with van der Waals surface area (Å²) in [6.45, 7) is 4.50. The third-order valence-corrected chi connectivity index (χ3v) is 3.95. The predicted molar refractivity (Wildman–Crippen MR) is 69.5 cm³/mol. The maximum Gasteiger partial charge on any atom is 0.351 e. The zero-order chi connectivity index (χ0) is 15.8. The van der Waals surface area contributed by atoms with Crippen LogP contribution in [0.1, 0.15) is 19.4 Å². The predicted octanol–water partition coefficient (Wildman–Crippen LogP) is 0.905. The van der Waals surface area contributed by atoms with Crippen LogP contribution in [0.25, 0.3) is 0 Å². The standard InChI is InChI=1S/C13H14O7S/c1-8-4-6-9(7-5-8)21(16,17)20-10-11(14)18-13(2,3)19-12(10)15/h4-7,10H,1-3H3. The quantitative estimate of drug-likeness (QED) is 0.464. The van der Waals surface area contributed by atoms with Crippen LogP contribution in [-0.4, -0.2) is 32.2 Å². The highest BCUT2D eigenvalue weighted by Crippen LogP contribution is 2.24. The van der Waals surface area contributed by atoms with Gasteiger partial charge in [-0.1, -0.05) is 17.7 Å². The van der Waals surface area contributed by atoms with Gasteiger partial charge in [0.25, 0.3) is 22.0 Å². The first-order valence-corrected chi connectivity index (χ1v) is 7.47. The van der Waals surface area contributed by atoms with Crippen LogP contribution in [0.2, 0.25) is 0 Å². The number of benzene rings is 1. The van der Waals surface area contributed by atoms with Crippen molar-refractivity contribution in [3.05, 3.63) is 29.8 Å². The molecule has 1 aliphatic rings. The average Bonchev–Trinajstić information content (AvgIpc) is 2.33. The van der Waals surface area contributed by atoms with Gasteiger partial charge >= 0.3 is 11.9 Å². The van der Waals surface area contributed by atoms with Crippen molar-refractivity contribution >= 4 is 22.1 Å². The van der Waals surface area contributed by atoms with E-state index in [9.17, 15) is 18.0 Å². The third kappa shape index (κ3) is 3.40. The molecule has 1 aromatic carbocycles. The molecule has 0 aliphatic carbocycles. The van der Waals surface area contributed by atoms with Crippen molar-refractivity contribution in [1.29, 1.82) is 0 Å². The Labute approximate surface area is 121 Å². The van der Waals surface area contributed by atoms with Crippen molar-refractivity contribution in [3.8, 4) is 0 Å². The molecule has 7 nitrogen and oxygen atoms in total. The Morgan fingerprint density at radius 2 is 1.52 bits per heavy atom. The van der Waals surface area contributed by atoms with Gasteiger partial charge in [0.05, 0.1) is 4.90 Å². The van der Waals surface area contributed by atoms with Gasteiger partial charge in [-0.05, 0) is 19.1 Å². The third-order valence-electron chi connectivity index (χ3n) is 2.65. The van der Waals surface area contributed by atoms with Crippen molar-refractivity contribution in [2.24, 2.45) is 0 Å². The van der Waals surface area contributed by atoms with E-state index < -0.39 is 33.9 Å². The molecule has 1 aromatic rings. The summed E-state index contributed by atoms with van der Waals surface area (Å²) < 4.78 is 38.3. The molecule has 0 saturated carbocycles. The number of esters is 2. The SMILES string of the molecule is Cc1ccc(S(=O)(=O)OC2C(=O)OC(C)(C)OC2=O)cc1. The van der Waals surface area contributed by atoms with E-state index in [0.717, 1.165) is 5.56 Å². The van der Waals surface area contributed by atoms with Crippen LogP contribution >= 0.6 is 0 Å². The summed E-state index contributed by atoms with van der Waals surface area (Å²) in [6.07, 6.45) is -1.95. The summed E-state index contributed by atoms with van der Waals surface area (Å²) in [7, 11) is -4.28. The van der Waals surface area contributed by atoms with E-state index in [1.807, 2.05) is 0 Å². The van der Waals surface area contributed by atoms with Crippen molar-refractivity contribution in [1.82, 2.24) is 0 Å². The Morgan fingerprint density at radius 1 is 1.05 bits per heavy atom. The molecular formula is C13H14O7S. The molecule has 0 amide bonds. The molecule has 8 heteroatoms. The minimum absolute atomic E-state index is 0.168.